The third-order valence-electron chi connectivity index (χ3n) is 4.51. The fourth-order valence-corrected chi connectivity index (χ4v) is 4.28. The Balaban J connectivity index is 1.66. The Bertz CT molecular complexity index is 876. The van der Waals surface area contributed by atoms with Crippen molar-refractivity contribution >= 4 is 15.9 Å². The van der Waals surface area contributed by atoms with Crippen LogP contribution in [0.5, 0.6) is 0 Å². The molecule has 0 aliphatic heterocycles. The molecule has 25 heavy (non-hydrogen) atoms. The summed E-state index contributed by atoms with van der Waals surface area (Å²) in [6.07, 6.45) is 1.76. The maximum absolute atomic E-state index is 12.4. The summed E-state index contributed by atoms with van der Waals surface area (Å²) >= 11 is 0. The highest BCUT2D eigenvalue weighted by Gasteiger charge is 2.27. The van der Waals surface area contributed by atoms with Crippen molar-refractivity contribution in [3.63, 3.8) is 0 Å². The van der Waals surface area contributed by atoms with E-state index >= 15 is 0 Å². The minimum atomic E-state index is -3.73. The van der Waals surface area contributed by atoms with Crippen molar-refractivity contribution in [2.45, 2.75) is 43.7 Å². The summed E-state index contributed by atoms with van der Waals surface area (Å²) in [5.41, 5.74) is 3.33. The van der Waals surface area contributed by atoms with Crippen LogP contribution in [-0.4, -0.2) is 20.4 Å². The zero-order valence-electron chi connectivity index (χ0n) is 14.3. The number of nitrogens with one attached hydrogen (secondary N) is 2. The molecule has 0 aromatic heterocycles. The van der Waals surface area contributed by atoms with Crippen molar-refractivity contribution in [1.29, 1.82) is 0 Å². The van der Waals surface area contributed by atoms with Gasteiger partial charge in [0, 0.05) is 0 Å². The lowest BCUT2D eigenvalue weighted by Crippen LogP contribution is -2.45. The van der Waals surface area contributed by atoms with E-state index in [1.165, 1.54) is 17.7 Å². The van der Waals surface area contributed by atoms with Crippen LogP contribution in [0, 0.1) is 6.92 Å². The van der Waals surface area contributed by atoms with E-state index in [4.69, 9.17) is 0 Å². The van der Waals surface area contributed by atoms with Gasteiger partial charge in [-0.3, -0.25) is 4.79 Å². The van der Waals surface area contributed by atoms with E-state index in [-0.39, 0.29) is 16.8 Å². The van der Waals surface area contributed by atoms with Crippen LogP contribution in [0.1, 0.15) is 36.1 Å². The van der Waals surface area contributed by atoms with Crippen molar-refractivity contribution in [3.05, 3.63) is 65.2 Å². The standard InChI is InChI=1S/C19H22N2O3S/c1-13-7-10-16(11-8-13)25(23,24)21-14(2)19(22)20-18-12-9-15-5-3-4-6-17(15)18/h3-8,10-11,14,18,21H,9,12H2,1-2H3,(H,20,22). The van der Waals surface area contributed by atoms with Gasteiger partial charge < -0.3 is 5.32 Å². The van der Waals surface area contributed by atoms with Crippen LogP contribution in [0.15, 0.2) is 53.4 Å². The lowest BCUT2D eigenvalue weighted by molar-refractivity contribution is -0.123. The average molecular weight is 358 g/mol. The predicted molar refractivity (Wildman–Crippen MR) is 96.6 cm³/mol. The second-order valence-corrected chi connectivity index (χ2v) is 8.17. The third kappa shape index (κ3) is 3.91. The van der Waals surface area contributed by atoms with Gasteiger partial charge in [-0.2, -0.15) is 4.72 Å². The van der Waals surface area contributed by atoms with Crippen LogP contribution in [-0.2, 0) is 21.2 Å². The van der Waals surface area contributed by atoms with Crippen LogP contribution in [0.25, 0.3) is 0 Å². The first-order valence-corrected chi connectivity index (χ1v) is 9.82. The molecular formula is C19H22N2O3S. The monoisotopic (exact) mass is 358 g/mol. The number of aryl methyl sites for hydroxylation is 2. The molecule has 1 amide bonds. The molecule has 2 atom stereocenters. The van der Waals surface area contributed by atoms with Gasteiger partial charge in [0.1, 0.15) is 0 Å². The Kier molecular flexibility index (Phi) is 4.92. The molecule has 0 bridgehead atoms. The number of carbonyl (C=O) groups is 1. The smallest absolute Gasteiger partial charge is 0.241 e. The minimum absolute atomic E-state index is 0.0602. The van der Waals surface area contributed by atoms with E-state index in [1.807, 2.05) is 25.1 Å². The van der Waals surface area contributed by atoms with Crippen molar-refractivity contribution in [2.75, 3.05) is 0 Å². The molecule has 2 aromatic carbocycles. The van der Waals surface area contributed by atoms with Gasteiger partial charge in [0.15, 0.2) is 0 Å². The molecule has 6 heteroatoms. The first-order chi connectivity index (χ1) is 11.9. The van der Waals surface area contributed by atoms with Crippen LogP contribution >= 0.6 is 0 Å². The van der Waals surface area contributed by atoms with E-state index in [1.54, 1.807) is 19.1 Å². The molecule has 0 saturated carbocycles. The van der Waals surface area contributed by atoms with E-state index in [0.717, 1.165) is 24.0 Å². The highest BCUT2D eigenvalue weighted by molar-refractivity contribution is 7.89. The summed E-state index contributed by atoms with van der Waals surface area (Å²) in [6, 6.07) is 13.6. The first-order valence-electron chi connectivity index (χ1n) is 8.34. The van der Waals surface area contributed by atoms with Gasteiger partial charge >= 0.3 is 0 Å². The fourth-order valence-electron chi connectivity index (χ4n) is 3.08. The lowest BCUT2D eigenvalue weighted by atomic mass is 10.1. The molecule has 1 aliphatic rings. The van der Waals surface area contributed by atoms with Crippen molar-refractivity contribution < 1.29 is 13.2 Å². The van der Waals surface area contributed by atoms with Crippen molar-refractivity contribution in [1.82, 2.24) is 10.0 Å². The molecule has 0 saturated heterocycles. The maximum Gasteiger partial charge on any atom is 0.241 e. The van der Waals surface area contributed by atoms with Crippen LogP contribution in [0.2, 0.25) is 0 Å². The lowest BCUT2D eigenvalue weighted by Gasteiger charge is -2.19. The van der Waals surface area contributed by atoms with Crippen LogP contribution in [0.4, 0.5) is 0 Å². The highest BCUT2D eigenvalue weighted by Crippen LogP contribution is 2.30. The summed E-state index contributed by atoms with van der Waals surface area (Å²) in [4.78, 5) is 12.6. The molecule has 2 N–H and O–H groups in total. The van der Waals surface area contributed by atoms with Gasteiger partial charge in [0.05, 0.1) is 17.0 Å². The molecule has 2 aromatic rings. The SMILES string of the molecule is Cc1ccc(S(=O)(=O)NC(C)C(=O)NC2CCc3ccccc32)cc1. The van der Waals surface area contributed by atoms with Gasteiger partial charge in [-0.1, -0.05) is 42.0 Å². The molecule has 1 aliphatic carbocycles. The van der Waals surface area contributed by atoms with E-state index in [9.17, 15) is 13.2 Å². The maximum atomic E-state index is 12.4. The molecule has 0 spiro atoms. The topological polar surface area (TPSA) is 75.3 Å². The number of benzene rings is 2. The minimum Gasteiger partial charge on any atom is -0.348 e. The number of fused-ring (bicyclic) bond motifs is 1. The van der Waals surface area contributed by atoms with Crippen molar-refractivity contribution in [3.8, 4) is 0 Å². The highest BCUT2D eigenvalue weighted by atomic mass is 32.2. The summed E-state index contributed by atoms with van der Waals surface area (Å²) in [5, 5.41) is 2.95. The average Bonchev–Trinajstić information content (AvgIpc) is 2.98. The van der Waals surface area contributed by atoms with E-state index in [2.05, 4.69) is 16.1 Å². The molecule has 2 unspecified atom stereocenters. The summed E-state index contributed by atoms with van der Waals surface area (Å²) in [6.45, 7) is 3.45. The second kappa shape index (κ2) is 6.98. The Labute approximate surface area is 148 Å². The molecule has 3 rings (SSSR count). The van der Waals surface area contributed by atoms with E-state index < -0.39 is 16.1 Å². The summed E-state index contributed by atoms with van der Waals surface area (Å²) in [7, 11) is -3.73. The van der Waals surface area contributed by atoms with Gasteiger partial charge in [-0.25, -0.2) is 8.42 Å². The number of rotatable bonds is 5. The molecular weight excluding hydrogens is 336 g/mol. The Morgan fingerprint density at radius 2 is 1.80 bits per heavy atom. The Hall–Kier alpha value is -2.18. The van der Waals surface area contributed by atoms with E-state index in [0.29, 0.717) is 0 Å². The zero-order chi connectivity index (χ0) is 18.0. The second-order valence-electron chi connectivity index (χ2n) is 6.45. The fraction of sp³-hybridized carbons (Fsp3) is 0.316. The number of amides is 1. The quantitative estimate of drug-likeness (QED) is 0.862. The van der Waals surface area contributed by atoms with Crippen LogP contribution in [0.3, 0.4) is 0 Å². The first kappa shape index (κ1) is 17.6. The largest absolute Gasteiger partial charge is 0.348 e. The van der Waals surface area contributed by atoms with Gasteiger partial charge in [-0.05, 0) is 49.9 Å². The van der Waals surface area contributed by atoms with Crippen LogP contribution < -0.4 is 10.0 Å². The molecule has 0 fully saturated rings. The number of carbonyl (C=O) groups excluding carboxylic acids is 1. The predicted octanol–water partition coefficient (Wildman–Crippen LogP) is 2.47. The molecule has 5 nitrogen and oxygen atoms in total. The van der Waals surface area contributed by atoms with Crippen molar-refractivity contribution in [2.24, 2.45) is 0 Å². The third-order valence-corrected chi connectivity index (χ3v) is 6.06. The van der Waals surface area contributed by atoms with Gasteiger partial charge in [0.2, 0.25) is 15.9 Å². The number of hydrogen-bond donors (Lipinski definition) is 2. The summed E-state index contributed by atoms with van der Waals surface area (Å²) < 4.78 is 27.3. The molecule has 132 valence electrons. The van der Waals surface area contributed by atoms with Gasteiger partial charge in [0.25, 0.3) is 0 Å². The number of hydrogen-bond acceptors (Lipinski definition) is 3. The number of sulfonamides is 1. The molecule has 0 heterocycles. The molecule has 0 radical (unpaired) electrons. The van der Waals surface area contributed by atoms with Gasteiger partial charge in [-0.15, -0.1) is 0 Å². The Morgan fingerprint density at radius 3 is 2.52 bits per heavy atom. The zero-order valence-corrected chi connectivity index (χ0v) is 15.1. The summed E-state index contributed by atoms with van der Waals surface area (Å²) in [5.74, 6) is -0.322. The normalized spacial score (nSPS) is 17.8. The Morgan fingerprint density at radius 1 is 1.12 bits per heavy atom.